The van der Waals surface area contributed by atoms with Crippen LogP contribution >= 0.6 is 11.6 Å². The van der Waals surface area contributed by atoms with Crippen molar-refractivity contribution < 1.29 is 17.9 Å². The molecule has 2 N–H and O–H groups in total. The highest BCUT2D eigenvalue weighted by atomic mass is 35.5. The number of hydrogen-bond donors (Lipinski definition) is 1. The molecule has 0 saturated carbocycles. The van der Waals surface area contributed by atoms with E-state index in [0.29, 0.717) is 10.6 Å². The fourth-order valence-corrected chi connectivity index (χ4v) is 1.47. The number of nitrogens with two attached hydrogens (primary N) is 1. The van der Waals surface area contributed by atoms with Crippen LogP contribution in [0.15, 0.2) is 24.3 Å². The molecule has 0 aliphatic rings. The van der Waals surface area contributed by atoms with Gasteiger partial charge >= 0.3 is 6.18 Å². The summed E-state index contributed by atoms with van der Waals surface area (Å²) in [6.07, 6.45) is -5.20. The van der Waals surface area contributed by atoms with Gasteiger partial charge in [0.1, 0.15) is 6.61 Å². The van der Waals surface area contributed by atoms with Gasteiger partial charge in [-0.15, -0.1) is 0 Å². The van der Waals surface area contributed by atoms with Gasteiger partial charge in [0.15, 0.2) is 0 Å². The second kappa shape index (κ2) is 5.52. The van der Waals surface area contributed by atoms with E-state index < -0.39 is 18.9 Å². The van der Waals surface area contributed by atoms with Crippen LogP contribution in [-0.4, -0.2) is 19.3 Å². The zero-order chi connectivity index (χ0) is 12.2. The Bertz CT molecular complexity index is 343. The fourth-order valence-electron chi connectivity index (χ4n) is 1.22. The van der Waals surface area contributed by atoms with Crippen molar-refractivity contribution in [3.05, 3.63) is 34.9 Å². The molecule has 0 radical (unpaired) electrons. The lowest BCUT2D eigenvalue weighted by molar-refractivity contribution is -0.185. The van der Waals surface area contributed by atoms with Crippen molar-refractivity contribution >= 4 is 11.6 Å². The Labute approximate surface area is 96.1 Å². The minimum Gasteiger partial charge on any atom is -0.363 e. The topological polar surface area (TPSA) is 35.2 Å². The zero-order valence-electron chi connectivity index (χ0n) is 8.30. The first kappa shape index (κ1) is 13.3. The summed E-state index contributed by atoms with van der Waals surface area (Å²) >= 11 is 5.83. The molecule has 1 rings (SSSR count). The van der Waals surface area contributed by atoms with Crippen LogP contribution in [-0.2, 0) is 4.74 Å². The van der Waals surface area contributed by atoms with Crippen LogP contribution in [0.1, 0.15) is 11.7 Å². The maximum Gasteiger partial charge on any atom is 0.411 e. The molecule has 0 heterocycles. The van der Waals surface area contributed by atoms with Gasteiger partial charge in [-0.05, 0) is 6.07 Å². The molecule has 0 saturated heterocycles. The maximum absolute atomic E-state index is 12.0. The van der Waals surface area contributed by atoms with E-state index in [-0.39, 0.29) is 6.54 Å². The Morgan fingerprint density at radius 1 is 1.31 bits per heavy atom. The summed E-state index contributed by atoms with van der Waals surface area (Å²) < 4.78 is 40.6. The molecular weight excluding hydrogens is 243 g/mol. The van der Waals surface area contributed by atoms with Crippen LogP contribution in [0.25, 0.3) is 0 Å². The minimum absolute atomic E-state index is 0.0557. The van der Waals surface area contributed by atoms with Gasteiger partial charge in [-0.3, -0.25) is 0 Å². The SMILES string of the molecule is NCC(OCC(F)(F)F)c1ccccc1Cl. The van der Waals surface area contributed by atoms with E-state index in [1.807, 2.05) is 0 Å². The molecule has 1 aromatic carbocycles. The highest BCUT2D eigenvalue weighted by molar-refractivity contribution is 6.31. The van der Waals surface area contributed by atoms with Crippen LogP contribution in [0.4, 0.5) is 13.2 Å². The Morgan fingerprint density at radius 3 is 2.44 bits per heavy atom. The first-order valence-corrected chi connectivity index (χ1v) is 4.94. The molecule has 90 valence electrons. The molecule has 0 aromatic heterocycles. The smallest absolute Gasteiger partial charge is 0.363 e. The zero-order valence-corrected chi connectivity index (χ0v) is 9.05. The van der Waals surface area contributed by atoms with Gasteiger partial charge in [-0.25, -0.2) is 0 Å². The van der Waals surface area contributed by atoms with Crippen molar-refractivity contribution in [1.82, 2.24) is 0 Å². The summed E-state index contributed by atoms with van der Waals surface area (Å²) in [4.78, 5) is 0. The number of ether oxygens (including phenoxy) is 1. The predicted octanol–water partition coefficient (Wildman–Crippen LogP) is 2.92. The third-order valence-electron chi connectivity index (χ3n) is 1.91. The summed E-state index contributed by atoms with van der Waals surface area (Å²) in [5.74, 6) is 0. The van der Waals surface area contributed by atoms with Crippen molar-refractivity contribution in [2.24, 2.45) is 5.73 Å². The monoisotopic (exact) mass is 253 g/mol. The lowest BCUT2D eigenvalue weighted by Gasteiger charge is -2.18. The molecule has 0 amide bonds. The van der Waals surface area contributed by atoms with Gasteiger partial charge in [-0.1, -0.05) is 29.8 Å². The van der Waals surface area contributed by atoms with Gasteiger partial charge in [-0.2, -0.15) is 13.2 Å². The molecule has 16 heavy (non-hydrogen) atoms. The van der Waals surface area contributed by atoms with Gasteiger partial charge < -0.3 is 10.5 Å². The molecule has 1 aromatic rings. The molecule has 0 bridgehead atoms. The van der Waals surface area contributed by atoms with E-state index in [1.54, 1.807) is 24.3 Å². The Kier molecular flexibility index (Phi) is 4.58. The van der Waals surface area contributed by atoms with E-state index in [0.717, 1.165) is 0 Å². The largest absolute Gasteiger partial charge is 0.411 e. The van der Waals surface area contributed by atoms with E-state index in [4.69, 9.17) is 17.3 Å². The Hall–Kier alpha value is -0.780. The molecule has 0 fully saturated rings. The highest BCUT2D eigenvalue weighted by Crippen LogP contribution is 2.26. The van der Waals surface area contributed by atoms with Gasteiger partial charge in [0, 0.05) is 17.1 Å². The van der Waals surface area contributed by atoms with E-state index in [1.165, 1.54) is 0 Å². The number of hydrogen-bond acceptors (Lipinski definition) is 2. The highest BCUT2D eigenvalue weighted by Gasteiger charge is 2.29. The fraction of sp³-hybridized carbons (Fsp3) is 0.400. The van der Waals surface area contributed by atoms with Crippen LogP contribution in [0, 0.1) is 0 Å². The van der Waals surface area contributed by atoms with E-state index in [2.05, 4.69) is 4.74 Å². The van der Waals surface area contributed by atoms with Gasteiger partial charge in [0.25, 0.3) is 0 Å². The van der Waals surface area contributed by atoms with Crippen molar-refractivity contribution in [1.29, 1.82) is 0 Å². The summed E-state index contributed by atoms with van der Waals surface area (Å²) in [6.45, 7) is -1.39. The Balaban J connectivity index is 2.72. The molecule has 0 aliphatic heterocycles. The summed E-state index contributed by atoms with van der Waals surface area (Å²) in [5, 5.41) is 0.347. The standard InChI is InChI=1S/C10H11ClF3NO/c11-8-4-2-1-3-7(8)9(5-15)16-6-10(12,13)14/h1-4,9H,5-6,15H2. The minimum atomic E-state index is -4.37. The molecule has 2 nitrogen and oxygen atoms in total. The second-order valence-corrected chi connectivity index (χ2v) is 3.58. The number of rotatable bonds is 4. The molecule has 0 aliphatic carbocycles. The maximum atomic E-state index is 12.0. The van der Waals surface area contributed by atoms with E-state index in [9.17, 15) is 13.2 Å². The summed E-state index contributed by atoms with van der Waals surface area (Å²) in [7, 11) is 0. The second-order valence-electron chi connectivity index (χ2n) is 3.17. The van der Waals surface area contributed by atoms with Crippen LogP contribution in [0.2, 0.25) is 5.02 Å². The Morgan fingerprint density at radius 2 is 1.94 bits per heavy atom. The predicted molar refractivity (Wildman–Crippen MR) is 55.3 cm³/mol. The quantitative estimate of drug-likeness (QED) is 0.895. The van der Waals surface area contributed by atoms with Crippen molar-refractivity contribution in [3.8, 4) is 0 Å². The average Bonchev–Trinajstić information content (AvgIpc) is 2.20. The van der Waals surface area contributed by atoms with Crippen molar-refractivity contribution in [2.45, 2.75) is 12.3 Å². The summed E-state index contributed by atoms with van der Waals surface area (Å²) in [6, 6.07) is 6.52. The van der Waals surface area contributed by atoms with Gasteiger partial charge in [0.2, 0.25) is 0 Å². The third-order valence-corrected chi connectivity index (χ3v) is 2.26. The molecule has 1 unspecified atom stereocenters. The average molecular weight is 254 g/mol. The van der Waals surface area contributed by atoms with Crippen LogP contribution in [0.3, 0.4) is 0 Å². The molecule has 1 atom stereocenters. The van der Waals surface area contributed by atoms with Crippen molar-refractivity contribution in [2.75, 3.05) is 13.2 Å². The lowest BCUT2D eigenvalue weighted by atomic mass is 10.1. The molecule has 0 spiro atoms. The van der Waals surface area contributed by atoms with Crippen molar-refractivity contribution in [3.63, 3.8) is 0 Å². The molecule has 6 heteroatoms. The molecular formula is C10H11ClF3NO. The van der Waals surface area contributed by atoms with Crippen LogP contribution in [0.5, 0.6) is 0 Å². The number of alkyl halides is 3. The normalized spacial score (nSPS) is 13.8. The van der Waals surface area contributed by atoms with E-state index >= 15 is 0 Å². The van der Waals surface area contributed by atoms with Gasteiger partial charge in [0.05, 0.1) is 6.10 Å². The van der Waals surface area contributed by atoms with Crippen LogP contribution < -0.4 is 5.73 Å². The first-order chi connectivity index (χ1) is 7.44. The number of halogens is 4. The lowest BCUT2D eigenvalue weighted by Crippen LogP contribution is -2.23. The first-order valence-electron chi connectivity index (χ1n) is 4.57. The summed E-state index contributed by atoms with van der Waals surface area (Å²) in [5.41, 5.74) is 5.82. The number of benzene rings is 1. The third kappa shape index (κ3) is 4.00.